The Morgan fingerprint density at radius 3 is 2.50 bits per heavy atom. The molecule has 0 saturated heterocycles. The number of hydrogen-bond acceptors (Lipinski definition) is 7. The molecule has 0 spiro atoms. The number of nitro benzene ring substituents is 1. The van der Waals surface area contributed by atoms with Crippen LogP contribution in [0.3, 0.4) is 0 Å². The van der Waals surface area contributed by atoms with E-state index in [1.165, 1.54) is 30.3 Å². The van der Waals surface area contributed by atoms with Crippen LogP contribution in [0.1, 0.15) is 36.1 Å². The number of nitrogens with zero attached hydrogens (tertiary/aromatic N) is 3. The summed E-state index contributed by atoms with van der Waals surface area (Å²) in [6.07, 6.45) is 0. The molecule has 0 saturated carbocycles. The molecule has 13 heteroatoms. The Labute approximate surface area is 209 Å². The third kappa shape index (κ3) is 6.69. The number of benzene rings is 2. The molecular formula is C21H20Cl2N6O4S. The minimum atomic E-state index is -0.515. The Morgan fingerprint density at radius 1 is 1.18 bits per heavy atom. The molecule has 0 fully saturated rings. The summed E-state index contributed by atoms with van der Waals surface area (Å²) in [6, 6.07) is 9.66. The maximum absolute atomic E-state index is 12.7. The number of nitrogens with one attached hydrogen (secondary N) is 3. The summed E-state index contributed by atoms with van der Waals surface area (Å²) in [5.41, 5.74) is 0.662. The normalized spacial score (nSPS) is 11.8. The second kappa shape index (κ2) is 11.3. The van der Waals surface area contributed by atoms with Crippen LogP contribution in [-0.4, -0.2) is 37.7 Å². The van der Waals surface area contributed by atoms with Gasteiger partial charge in [-0.2, -0.15) is 0 Å². The van der Waals surface area contributed by atoms with Gasteiger partial charge in [0.25, 0.3) is 11.6 Å². The molecule has 0 aliphatic heterocycles. The van der Waals surface area contributed by atoms with Crippen LogP contribution in [0.25, 0.3) is 0 Å². The predicted octanol–water partition coefficient (Wildman–Crippen LogP) is 4.88. The van der Waals surface area contributed by atoms with E-state index in [9.17, 15) is 19.7 Å². The van der Waals surface area contributed by atoms with E-state index in [1.807, 2.05) is 13.8 Å². The molecule has 1 atom stereocenters. The Bertz CT molecular complexity index is 1200. The summed E-state index contributed by atoms with van der Waals surface area (Å²) >= 11 is 13.1. The van der Waals surface area contributed by atoms with Gasteiger partial charge in [-0.05, 0) is 36.2 Å². The van der Waals surface area contributed by atoms with Gasteiger partial charge in [-0.3, -0.25) is 24.8 Å². The first-order valence-corrected chi connectivity index (χ1v) is 11.7. The Hall–Kier alpha value is -3.15. The predicted molar refractivity (Wildman–Crippen MR) is 130 cm³/mol. The molecule has 3 N–H and O–H groups in total. The number of H-pyrrole nitrogens is 1. The van der Waals surface area contributed by atoms with Gasteiger partial charge in [-0.1, -0.05) is 48.8 Å². The standard InChI is InChI=1S/C21H20Cl2N6O4S/c1-11(2)18(25-20(31)15-8-3-12(22)9-16(15)23)19-26-21(28-27-19)34-10-17(30)24-13-4-6-14(7-5-13)29(32)33/h3-9,11,18H,10H2,1-2H3,(H,24,30)(H,25,31)(H,26,27,28)/t18-/m0/s1. The molecule has 2 aromatic carbocycles. The number of carbonyl (C=O) groups excluding carboxylic acids is 2. The van der Waals surface area contributed by atoms with Gasteiger partial charge >= 0.3 is 0 Å². The van der Waals surface area contributed by atoms with E-state index in [1.54, 1.807) is 12.1 Å². The van der Waals surface area contributed by atoms with Crippen molar-refractivity contribution in [3.05, 3.63) is 74.0 Å². The number of aromatic nitrogens is 3. The van der Waals surface area contributed by atoms with Crippen LogP contribution in [0.5, 0.6) is 0 Å². The molecule has 0 radical (unpaired) electrons. The van der Waals surface area contributed by atoms with Gasteiger partial charge in [0.15, 0.2) is 0 Å². The molecule has 34 heavy (non-hydrogen) atoms. The number of thioether (sulfide) groups is 1. The number of rotatable bonds is 9. The number of halogens is 2. The lowest BCUT2D eigenvalue weighted by molar-refractivity contribution is -0.384. The van der Waals surface area contributed by atoms with Gasteiger partial charge in [0, 0.05) is 22.8 Å². The summed E-state index contributed by atoms with van der Waals surface area (Å²) in [7, 11) is 0. The molecule has 0 unspecified atom stereocenters. The van der Waals surface area contributed by atoms with E-state index in [0.29, 0.717) is 21.7 Å². The largest absolute Gasteiger partial charge is 0.342 e. The van der Waals surface area contributed by atoms with Gasteiger partial charge in [-0.25, -0.2) is 4.98 Å². The number of hydrogen-bond donors (Lipinski definition) is 3. The smallest absolute Gasteiger partial charge is 0.269 e. The first kappa shape index (κ1) is 25.5. The number of aromatic amines is 1. The molecule has 1 heterocycles. The summed E-state index contributed by atoms with van der Waals surface area (Å²) in [6.45, 7) is 3.84. The second-order valence-electron chi connectivity index (χ2n) is 7.46. The molecule has 0 aliphatic carbocycles. The number of non-ortho nitro benzene ring substituents is 1. The zero-order valence-electron chi connectivity index (χ0n) is 18.0. The van der Waals surface area contributed by atoms with Crippen molar-refractivity contribution in [3.8, 4) is 0 Å². The molecule has 0 bridgehead atoms. The third-order valence-corrected chi connectivity index (χ3v) is 6.00. The molecule has 2 amide bonds. The van der Waals surface area contributed by atoms with Crippen molar-refractivity contribution in [2.75, 3.05) is 11.1 Å². The zero-order valence-corrected chi connectivity index (χ0v) is 20.4. The highest BCUT2D eigenvalue weighted by Crippen LogP contribution is 2.25. The van der Waals surface area contributed by atoms with Crippen LogP contribution in [0, 0.1) is 16.0 Å². The molecule has 10 nitrogen and oxygen atoms in total. The molecule has 0 aliphatic rings. The Morgan fingerprint density at radius 2 is 1.88 bits per heavy atom. The van der Waals surface area contributed by atoms with E-state index in [2.05, 4.69) is 25.8 Å². The van der Waals surface area contributed by atoms with Gasteiger partial charge < -0.3 is 10.6 Å². The highest BCUT2D eigenvalue weighted by Gasteiger charge is 2.24. The average Bonchev–Trinajstić information content (AvgIpc) is 3.24. The van der Waals surface area contributed by atoms with Crippen LogP contribution in [0.2, 0.25) is 10.0 Å². The third-order valence-electron chi connectivity index (χ3n) is 4.60. The van der Waals surface area contributed by atoms with Crippen LogP contribution >= 0.6 is 35.0 Å². The van der Waals surface area contributed by atoms with Gasteiger partial charge in [0.05, 0.1) is 27.3 Å². The van der Waals surface area contributed by atoms with E-state index >= 15 is 0 Å². The van der Waals surface area contributed by atoms with Gasteiger partial charge in [0.2, 0.25) is 11.1 Å². The first-order valence-electron chi connectivity index (χ1n) is 9.99. The zero-order chi connectivity index (χ0) is 24.8. The minimum Gasteiger partial charge on any atom is -0.342 e. The van der Waals surface area contributed by atoms with E-state index in [4.69, 9.17) is 23.2 Å². The number of nitro groups is 1. The highest BCUT2D eigenvalue weighted by molar-refractivity contribution is 7.99. The Kier molecular flexibility index (Phi) is 8.48. The van der Waals surface area contributed by atoms with Crippen LogP contribution in [0.15, 0.2) is 47.6 Å². The van der Waals surface area contributed by atoms with Crippen molar-refractivity contribution in [3.63, 3.8) is 0 Å². The minimum absolute atomic E-state index is 0.0212. The lowest BCUT2D eigenvalue weighted by atomic mass is 10.0. The molecular weight excluding hydrogens is 503 g/mol. The maximum Gasteiger partial charge on any atom is 0.269 e. The average molecular weight is 523 g/mol. The fourth-order valence-electron chi connectivity index (χ4n) is 2.90. The molecule has 3 rings (SSSR count). The lowest BCUT2D eigenvalue weighted by Gasteiger charge is -2.20. The van der Waals surface area contributed by atoms with E-state index in [-0.39, 0.29) is 39.8 Å². The summed E-state index contributed by atoms with van der Waals surface area (Å²) in [5.74, 6) is -0.268. The number of carbonyl (C=O) groups is 2. The van der Waals surface area contributed by atoms with Crippen molar-refractivity contribution in [2.24, 2.45) is 5.92 Å². The van der Waals surface area contributed by atoms with Crippen molar-refractivity contribution < 1.29 is 14.5 Å². The summed E-state index contributed by atoms with van der Waals surface area (Å²) < 4.78 is 0. The number of amides is 2. The highest BCUT2D eigenvalue weighted by atomic mass is 35.5. The summed E-state index contributed by atoms with van der Waals surface area (Å²) in [5, 5.41) is 24.2. The van der Waals surface area contributed by atoms with E-state index in [0.717, 1.165) is 11.8 Å². The summed E-state index contributed by atoms with van der Waals surface area (Å²) in [4.78, 5) is 39.5. The monoisotopic (exact) mass is 522 g/mol. The molecule has 1 aromatic heterocycles. The lowest BCUT2D eigenvalue weighted by Crippen LogP contribution is -2.32. The van der Waals surface area contributed by atoms with Crippen LogP contribution in [-0.2, 0) is 4.79 Å². The van der Waals surface area contributed by atoms with Crippen molar-refractivity contribution in [1.29, 1.82) is 0 Å². The van der Waals surface area contributed by atoms with Crippen LogP contribution < -0.4 is 10.6 Å². The second-order valence-corrected chi connectivity index (χ2v) is 9.25. The number of anilines is 1. The Balaban J connectivity index is 1.60. The van der Waals surface area contributed by atoms with E-state index < -0.39 is 11.0 Å². The SMILES string of the molecule is CC(C)[C@H](NC(=O)c1ccc(Cl)cc1Cl)c1nc(SCC(=O)Nc2ccc([N+](=O)[O-])cc2)n[nH]1. The van der Waals surface area contributed by atoms with Crippen molar-refractivity contribution in [1.82, 2.24) is 20.5 Å². The quantitative estimate of drug-likeness (QED) is 0.206. The fourth-order valence-corrected chi connectivity index (χ4v) is 4.00. The van der Waals surface area contributed by atoms with Crippen molar-refractivity contribution >= 4 is 58.2 Å². The van der Waals surface area contributed by atoms with Gasteiger partial charge in [0.1, 0.15) is 5.82 Å². The topological polar surface area (TPSA) is 143 Å². The van der Waals surface area contributed by atoms with Gasteiger partial charge in [-0.15, -0.1) is 5.10 Å². The van der Waals surface area contributed by atoms with Crippen molar-refractivity contribution in [2.45, 2.75) is 25.0 Å². The van der Waals surface area contributed by atoms with Crippen LogP contribution in [0.4, 0.5) is 11.4 Å². The maximum atomic E-state index is 12.7. The first-order chi connectivity index (χ1) is 16.1. The molecule has 3 aromatic rings. The molecule has 178 valence electrons. The fraction of sp³-hybridized carbons (Fsp3) is 0.238.